The predicted octanol–water partition coefficient (Wildman–Crippen LogP) is 3.74. The summed E-state index contributed by atoms with van der Waals surface area (Å²) >= 11 is 0. The van der Waals surface area contributed by atoms with Crippen LogP contribution in [0.5, 0.6) is 0 Å². The van der Waals surface area contributed by atoms with E-state index in [4.69, 9.17) is 5.26 Å². The van der Waals surface area contributed by atoms with Crippen molar-refractivity contribution in [3.8, 4) is 6.07 Å². The SMILES string of the molecule is N#Cc1cccc(NC(=O)c2cncc(C(=O)Nc3c(F)cccc3F)c2)c1. The Hall–Kier alpha value is -4.12. The summed E-state index contributed by atoms with van der Waals surface area (Å²) in [6.45, 7) is 0. The van der Waals surface area contributed by atoms with Gasteiger partial charge in [-0.15, -0.1) is 0 Å². The first-order valence-electron chi connectivity index (χ1n) is 8.00. The van der Waals surface area contributed by atoms with E-state index in [9.17, 15) is 18.4 Å². The van der Waals surface area contributed by atoms with Crippen LogP contribution in [0.2, 0.25) is 0 Å². The lowest BCUT2D eigenvalue weighted by Gasteiger charge is -2.09. The molecule has 1 heterocycles. The average molecular weight is 378 g/mol. The second kappa shape index (κ2) is 8.05. The molecule has 1 aromatic heterocycles. The Kier molecular flexibility index (Phi) is 5.37. The van der Waals surface area contributed by atoms with Gasteiger partial charge >= 0.3 is 0 Å². The van der Waals surface area contributed by atoms with E-state index >= 15 is 0 Å². The molecular weight excluding hydrogens is 366 g/mol. The number of benzene rings is 2. The van der Waals surface area contributed by atoms with E-state index in [1.165, 1.54) is 30.6 Å². The Morgan fingerprint density at radius 2 is 1.50 bits per heavy atom. The molecule has 0 unspecified atom stereocenters. The molecule has 0 atom stereocenters. The van der Waals surface area contributed by atoms with E-state index in [2.05, 4.69) is 15.6 Å². The highest BCUT2D eigenvalue weighted by molar-refractivity contribution is 6.08. The number of amides is 2. The van der Waals surface area contributed by atoms with Gasteiger partial charge in [-0.2, -0.15) is 5.26 Å². The van der Waals surface area contributed by atoms with Crippen LogP contribution in [-0.4, -0.2) is 16.8 Å². The molecule has 0 aliphatic heterocycles. The van der Waals surface area contributed by atoms with Crippen molar-refractivity contribution in [3.63, 3.8) is 0 Å². The van der Waals surface area contributed by atoms with Crippen molar-refractivity contribution in [2.75, 3.05) is 10.6 Å². The van der Waals surface area contributed by atoms with Crippen molar-refractivity contribution in [1.29, 1.82) is 5.26 Å². The maximum absolute atomic E-state index is 13.7. The zero-order chi connectivity index (χ0) is 20.1. The number of aromatic nitrogens is 1. The van der Waals surface area contributed by atoms with E-state index in [-0.39, 0.29) is 11.1 Å². The van der Waals surface area contributed by atoms with Gasteiger partial charge in [0.25, 0.3) is 11.8 Å². The average Bonchev–Trinajstić information content (AvgIpc) is 2.71. The Morgan fingerprint density at radius 1 is 0.893 bits per heavy atom. The number of anilines is 2. The monoisotopic (exact) mass is 378 g/mol. The number of hydrogen-bond donors (Lipinski definition) is 2. The fourth-order valence-electron chi connectivity index (χ4n) is 2.36. The number of nitriles is 1. The van der Waals surface area contributed by atoms with Gasteiger partial charge in [0, 0.05) is 18.1 Å². The van der Waals surface area contributed by atoms with Crippen molar-refractivity contribution in [2.24, 2.45) is 0 Å². The second-order valence-corrected chi connectivity index (χ2v) is 5.66. The molecule has 0 spiro atoms. The summed E-state index contributed by atoms with van der Waals surface area (Å²) in [6.07, 6.45) is 2.41. The van der Waals surface area contributed by atoms with Crippen LogP contribution in [0.25, 0.3) is 0 Å². The van der Waals surface area contributed by atoms with Crippen LogP contribution in [-0.2, 0) is 0 Å². The Balaban J connectivity index is 1.78. The summed E-state index contributed by atoms with van der Waals surface area (Å²) in [4.78, 5) is 28.5. The third kappa shape index (κ3) is 4.16. The fraction of sp³-hybridized carbons (Fsp3) is 0. The number of pyridine rings is 1. The molecule has 0 radical (unpaired) electrons. The molecule has 8 heteroatoms. The largest absolute Gasteiger partial charge is 0.322 e. The highest BCUT2D eigenvalue weighted by atomic mass is 19.1. The van der Waals surface area contributed by atoms with Crippen LogP contribution in [0.3, 0.4) is 0 Å². The molecule has 138 valence electrons. The summed E-state index contributed by atoms with van der Waals surface area (Å²) in [7, 11) is 0. The molecule has 2 amide bonds. The molecule has 0 bridgehead atoms. The van der Waals surface area contributed by atoms with Gasteiger partial charge in [0.05, 0.1) is 22.8 Å². The van der Waals surface area contributed by atoms with Crippen LogP contribution >= 0.6 is 0 Å². The molecule has 2 aromatic carbocycles. The molecule has 3 aromatic rings. The van der Waals surface area contributed by atoms with Crippen LogP contribution < -0.4 is 10.6 Å². The van der Waals surface area contributed by atoms with E-state index < -0.39 is 29.1 Å². The van der Waals surface area contributed by atoms with Crippen molar-refractivity contribution >= 4 is 23.2 Å². The minimum absolute atomic E-state index is 0.0546. The molecule has 2 N–H and O–H groups in total. The van der Waals surface area contributed by atoms with E-state index in [0.29, 0.717) is 11.3 Å². The van der Waals surface area contributed by atoms with E-state index in [1.807, 2.05) is 6.07 Å². The van der Waals surface area contributed by atoms with Crippen molar-refractivity contribution in [3.05, 3.63) is 89.2 Å². The number of rotatable bonds is 4. The molecule has 0 fully saturated rings. The van der Waals surface area contributed by atoms with Crippen LogP contribution in [0.15, 0.2) is 60.9 Å². The lowest BCUT2D eigenvalue weighted by Crippen LogP contribution is -2.17. The first-order chi connectivity index (χ1) is 13.5. The number of hydrogen-bond acceptors (Lipinski definition) is 4. The number of carbonyl (C=O) groups is 2. The Morgan fingerprint density at radius 3 is 2.14 bits per heavy atom. The molecule has 3 rings (SSSR count). The van der Waals surface area contributed by atoms with Crippen LogP contribution in [0, 0.1) is 23.0 Å². The molecule has 0 saturated carbocycles. The van der Waals surface area contributed by atoms with Crippen molar-refractivity contribution in [1.82, 2.24) is 4.98 Å². The third-order valence-corrected chi connectivity index (χ3v) is 3.71. The minimum atomic E-state index is -0.924. The van der Waals surface area contributed by atoms with Gasteiger partial charge in [0.2, 0.25) is 0 Å². The summed E-state index contributed by atoms with van der Waals surface area (Å²) < 4.78 is 27.4. The summed E-state index contributed by atoms with van der Waals surface area (Å²) in [5.41, 5.74) is 0.184. The first kappa shape index (κ1) is 18.7. The molecule has 6 nitrogen and oxygen atoms in total. The van der Waals surface area contributed by atoms with Gasteiger partial charge in [-0.1, -0.05) is 12.1 Å². The van der Waals surface area contributed by atoms with Gasteiger partial charge < -0.3 is 10.6 Å². The van der Waals surface area contributed by atoms with E-state index in [1.54, 1.807) is 18.2 Å². The number of halogens is 2. The minimum Gasteiger partial charge on any atom is -0.322 e. The number of para-hydroxylation sites is 1. The molecular formula is C20H12F2N4O2. The highest BCUT2D eigenvalue weighted by Crippen LogP contribution is 2.19. The van der Waals surface area contributed by atoms with Gasteiger partial charge in [0.1, 0.15) is 17.3 Å². The van der Waals surface area contributed by atoms with Gasteiger partial charge in [-0.05, 0) is 36.4 Å². The summed E-state index contributed by atoms with van der Waals surface area (Å²) in [6, 6.07) is 12.7. The third-order valence-electron chi connectivity index (χ3n) is 3.71. The molecule has 0 aliphatic rings. The highest BCUT2D eigenvalue weighted by Gasteiger charge is 2.16. The molecule has 0 aliphatic carbocycles. The maximum Gasteiger partial charge on any atom is 0.257 e. The summed E-state index contributed by atoms with van der Waals surface area (Å²) in [5, 5.41) is 13.6. The predicted molar refractivity (Wildman–Crippen MR) is 97.7 cm³/mol. The zero-order valence-corrected chi connectivity index (χ0v) is 14.2. The van der Waals surface area contributed by atoms with Crippen molar-refractivity contribution < 1.29 is 18.4 Å². The van der Waals surface area contributed by atoms with E-state index in [0.717, 1.165) is 12.1 Å². The lowest BCUT2D eigenvalue weighted by molar-refractivity contribution is 0.102. The van der Waals surface area contributed by atoms with Crippen LogP contribution in [0.1, 0.15) is 26.3 Å². The summed E-state index contributed by atoms with van der Waals surface area (Å²) in [5.74, 6) is -3.23. The number of carbonyl (C=O) groups excluding carboxylic acids is 2. The standard InChI is InChI=1S/C20H12F2N4O2/c21-16-5-2-6-17(22)18(16)26-20(28)14-8-13(10-24-11-14)19(27)25-15-4-1-3-12(7-15)9-23/h1-8,10-11H,(H,25,27)(H,26,28). The normalized spacial score (nSPS) is 10.0. The first-order valence-corrected chi connectivity index (χ1v) is 8.00. The van der Waals surface area contributed by atoms with Crippen LogP contribution in [0.4, 0.5) is 20.2 Å². The smallest absolute Gasteiger partial charge is 0.257 e. The molecule has 28 heavy (non-hydrogen) atoms. The Bertz CT molecular complexity index is 1090. The quantitative estimate of drug-likeness (QED) is 0.723. The van der Waals surface area contributed by atoms with Gasteiger partial charge in [-0.25, -0.2) is 8.78 Å². The zero-order valence-electron chi connectivity index (χ0n) is 14.2. The number of nitrogens with one attached hydrogen (secondary N) is 2. The van der Waals surface area contributed by atoms with Crippen molar-refractivity contribution in [2.45, 2.75) is 0 Å². The molecule has 0 saturated heterocycles. The second-order valence-electron chi connectivity index (χ2n) is 5.66. The topological polar surface area (TPSA) is 94.9 Å². The van der Waals surface area contributed by atoms with Gasteiger partial charge in [-0.3, -0.25) is 14.6 Å². The Labute approximate surface area is 158 Å². The maximum atomic E-state index is 13.7. The lowest BCUT2D eigenvalue weighted by atomic mass is 10.1. The number of nitrogens with zero attached hydrogens (tertiary/aromatic N) is 2. The fourth-order valence-corrected chi connectivity index (χ4v) is 2.36. The van der Waals surface area contributed by atoms with Gasteiger partial charge in [0.15, 0.2) is 0 Å².